The Labute approximate surface area is 147 Å². The molecule has 4 N–H and O–H groups in total. The molecule has 0 spiro atoms. The van der Waals surface area contributed by atoms with Gasteiger partial charge in [0.2, 0.25) is 0 Å². The van der Waals surface area contributed by atoms with Crippen LogP contribution < -0.4 is 11.1 Å². The van der Waals surface area contributed by atoms with Crippen molar-refractivity contribution < 1.29 is 19.4 Å². The molecule has 6 heteroatoms. The van der Waals surface area contributed by atoms with E-state index >= 15 is 0 Å². The molecule has 0 aliphatic carbocycles. The van der Waals surface area contributed by atoms with Gasteiger partial charge in [-0.15, -0.1) is 0 Å². The number of esters is 1. The van der Waals surface area contributed by atoms with Crippen LogP contribution in [-0.2, 0) is 9.53 Å². The van der Waals surface area contributed by atoms with Crippen molar-refractivity contribution in [2.24, 2.45) is 5.73 Å². The van der Waals surface area contributed by atoms with E-state index in [4.69, 9.17) is 10.8 Å². The fourth-order valence-electron chi connectivity index (χ4n) is 1.83. The van der Waals surface area contributed by atoms with Gasteiger partial charge in [0.05, 0.1) is 7.11 Å². The molecular formula is C19H22N2O4. The lowest BCUT2D eigenvalue weighted by Crippen LogP contribution is -2.59. The standard InChI is InChI=1S/C19H22N2O4/c1-13(22)7-5-6-8-14-9-11-15(12-10-14)17(23)21-16(18(24)25-4)19(2,3)20/h9-13,16,22H,20H2,1-4H3,(H,21,23)/t13-,16?/m0/s1. The number of methoxy groups -OCH3 is 1. The Morgan fingerprint density at radius 2 is 1.84 bits per heavy atom. The maximum atomic E-state index is 12.3. The molecule has 0 saturated carbocycles. The van der Waals surface area contributed by atoms with Crippen LogP contribution in [0.2, 0.25) is 0 Å². The van der Waals surface area contributed by atoms with Gasteiger partial charge in [-0.1, -0.05) is 11.8 Å². The van der Waals surface area contributed by atoms with Crippen molar-refractivity contribution in [3.8, 4) is 23.7 Å². The number of benzene rings is 1. The smallest absolute Gasteiger partial charge is 0.330 e. The van der Waals surface area contributed by atoms with Gasteiger partial charge in [-0.25, -0.2) is 4.79 Å². The maximum absolute atomic E-state index is 12.3. The van der Waals surface area contributed by atoms with E-state index < -0.39 is 29.6 Å². The van der Waals surface area contributed by atoms with Gasteiger partial charge in [-0.3, -0.25) is 4.79 Å². The van der Waals surface area contributed by atoms with Crippen molar-refractivity contribution in [3.05, 3.63) is 35.4 Å². The Morgan fingerprint density at radius 3 is 2.32 bits per heavy atom. The number of ether oxygens (including phenoxy) is 1. The number of hydrogen-bond acceptors (Lipinski definition) is 5. The van der Waals surface area contributed by atoms with E-state index in [-0.39, 0.29) is 0 Å². The third kappa shape index (κ3) is 6.68. The third-order valence-electron chi connectivity index (χ3n) is 3.15. The lowest BCUT2D eigenvalue weighted by molar-refractivity contribution is -0.144. The summed E-state index contributed by atoms with van der Waals surface area (Å²) in [6.45, 7) is 4.80. The highest BCUT2D eigenvalue weighted by Gasteiger charge is 2.34. The molecule has 0 heterocycles. The summed E-state index contributed by atoms with van der Waals surface area (Å²) in [5, 5.41) is 11.6. The van der Waals surface area contributed by atoms with Crippen molar-refractivity contribution in [2.45, 2.75) is 38.5 Å². The number of aliphatic hydroxyl groups is 1. The SMILES string of the molecule is COC(=O)C(NC(=O)c1ccc(C#CC#C[C@H](C)O)cc1)C(C)(C)N. The fraction of sp³-hybridized carbons (Fsp3) is 0.368. The van der Waals surface area contributed by atoms with E-state index in [2.05, 4.69) is 33.7 Å². The molecule has 132 valence electrons. The third-order valence-corrected chi connectivity index (χ3v) is 3.15. The van der Waals surface area contributed by atoms with Gasteiger partial charge >= 0.3 is 5.97 Å². The van der Waals surface area contributed by atoms with Gasteiger partial charge in [-0.05, 0) is 56.9 Å². The van der Waals surface area contributed by atoms with E-state index in [1.165, 1.54) is 7.11 Å². The Balaban J connectivity index is 2.86. The minimum Gasteiger partial charge on any atom is -0.467 e. The fourth-order valence-corrected chi connectivity index (χ4v) is 1.83. The zero-order valence-corrected chi connectivity index (χ0v) is 14.7. The highest BCUT2D eigenvalue weighted by Crippen LogP contribution is 2.10. The van der Waals surface area contributed by atoms with Crippen LogP contribution in [-0.4, -0.2) is 41.8 Å². The predicted octanol–water partition coefficient (Wildman–Crippen LogP) is 0.431. The van der Waals surface area contributed by atoms with E-state index in [1.807, 2.05) is 0 Å². The van der Waals surface area contributed by atoms with Crippen molar-refractivity contribution in [1.29, 1.82) is 0 Å². The number of amides is 1. The molecule has 0 aliphatic heterocycles. The van der Waals surface area contributed by atoms with Crippen LogP contribution in [0.5, 0.6) is 0 Å². The minimum absolute atomic E-state index is 0.360. The van der Waals surface area contributed by atoms with Gasteiger partial charge < -0.3 is 20.9 Å². The van der Waals surface area contributed by atoms with E-state index in [0.29, 0.717) is 11.1 Å². The number of nitrogens with one attached hydrogen (secondary N) is 1. The largest absolute Gasteiger partial charge is 0.467 e. The van der Waals surface area contributed by atoms with Gasteiger partial charge in [0, 0.05) is 16.7 Å². The zero-order chi connectivity index (χ0) is 19.0. The Bertz CT molecular complexity index is 738. The molecule has 0 radical (unpaired) electrons. The molecule has 0 bridgehead atoms. The average Bonchev–Trinajstić information content (AvgIpc) is 2.55. The normalized spacial score (nSPS) is 12.6. The van der Waals surface area contributed by atoms with Gasteiger partial charge in [0.1, 0.15) is 12.1 Å². The zero-order valence-electron chi connectivity index (χ0n) is 14.7. The Morgan fingerprint density at radius 1 is 1.24 bits per heavy atom. The number of nitrogens with two attached hydrogens (primary N) is 1. The van der Waals surface area contributed by atoms with E-state index in [0.717, 1.165) is 0 Å². The molecule has 1 unspecified atom stereocenters. The Hall–Kier alpha value is -2.80. The van der Waals surface area contributed by atoms with Gasteiger partial charge in [0.25, 0.3) is 5.91 Å². The summed E-state index contributed by atoms with van der Waals surface area (Å²) in [6, 6.07) is 5.51. The average molecular weight is 342 g/mol. The van der Waals surface area contributed by atoms with Crippen LogP contribution in [0.15, 0.2) is 24.3 Å². The number of hydrogen-bond donors (Lipinski definition) is 3. The first-order valence-corrected chi connectivity index (χ1v) is 7.62. The summed E-state index contributed by atoms with van der Waals surface area (Å²) >= 11 is 0. The topological polar surface area (TPSA) is 102 Å². The molecule has 1 amide bonds. The molecule has 0 saturated heterocycles. The van der Waals surface area contributed by atoms with Crippen LogP contribution in [0.4, 0.5) is 0 Å². The predicted molar refractivity (Wildman–Crippen MR) is 94.3 cm³/mol. The van der Waals surface area contributed by atoms with E-state index in [9.17, 15) is 9.59 Å². The minimum atomic E-state index is -0.976. The number of carbonyl (C=O) groups excluding carboxylic acids is 2. The lowest BCUT2D eigenvalue weighted by atomic mass is 9.95. The first-order valence-electron chi connectivity index (χ1n) is 7.62. The summed E-state index contributed by atoms with van der Waals surface area (Å²) in [7, 11) is 1.24. The summed E-state index contributed by atoms with van der Waals surface area (Å²) in [4.78, 5) is 24.1. The van der Waals surface area contributed by atoms with Crippen molar-refractivity contribution in [2.75, 3.05) is 7.11 Å². The number of carbonyl (C=O) groups is 2. The second-order valence-electron chi connectivity index (χ2n) is 6.02. The molecule has 1 aromatic carbocycles. The summed E-state index contributed by atoms with van der Waals surface area (Å²) < 4.78 is 4.68. The first-order chi connectivity index (χ1) is 11.6. The van der Waals surface area contributed by atoms with Gasteiger partial charge in [-0.2, -0.15) is 0 Å². The second kappa shape index (κ2) is 8.89. The lowest BCUT2D eigenvalue weighted by Gasteiger charge is -2.28. The van der Waals surface area contributed by atoms with Crippen molar-refractivity contribution in [1.82, 2.24) is 5.32 Å². The quantitative estimate of drug-likeness (QED) is 0.544. The molecule has 1 rings (SSSR count). The number of rotatable bonds is 4. The van der Waals surface area contributed by atoms with Crippen LogP contribution in [0.25, 0.3) is 0 Å². The van der Waals surface area contributed by atoms with Crippen molar-refractivity contribution >= 4 is 11.9 Å². The molecule has 0 fully saturated rings. The number of aliphatic hydroxyl groups excluding tert-OH is 1. The highest BCUT2D eigenvalue weighted by atomic mass is 16.5. The van der Waals surface area contributed by atoms with Crippen LogP contribution in [0.3, 0.4) is 0 Å². The van der Waals surface area contributed by atoms with Crippen LogP contribution in [0, 0.1) is 23.7 Å². The Kier molecular flexibility index (Phi) is 7.20. The molecule has 6 nitrogen and oxygen atoms in total. The molecule has 2 atom stereocenters. The van der Waals surface area contributed by atoms with Gasteiger partial charge in [0.15, 0.2) is 0 Å². The van der Waals surface area contributed by atoms with E-state index in [1.54, 1.807) is 45.0 Å². The second-order valence-corrected chi connectivity index (χ2v) is 6.02. The van der Waals surface area contributed by atoms with Crippen LogP contribution >= 0.6 is 0 Å². The molecular weight excluding hydrogens is 320 g/mol. The summed E-state index contributed by atoms with van der Waals surface area (Å²) in [5.74, 6) is 9.39. The molecule has 0 aliphatic rings. The maximum Gasteiger partial charge on any atom is 0.330 e. The molecule has 25 heavy (non-hydrogen) atoms. The summed E-state index contributed by atoms with van der Waals surface area (Å²) in [5.41, 5.74) is 5.98. The van der Waals surface area contributed by atoms with Crippen LogP contribution in [0.1, 0.15) is 36.7 Å². The highest BCUT2D eigenvalue weighted by molar-refractivity contribution is 5.97. The first kappa shape index (κ1) is 20.2. The summed E-state index contributed by atoms with van der Waals surface area (Å²) in [6.07, 6.45) is -0.727. The van der Waals surface area contributed by atoms with Crippen molar-refractivity contribution in [3.63, 3.8) is 0 Å². The molecule has 1 aromatic rings. The monoisotopic (exact) mass is 342 g/mol. The molecule has 0 aromatic heterocycles.